The molecule has 1 aromatic rings. The van der Waals surface area contributed by atoms with Crippen LogP contribution in [-0.2, 0) is 21.1 Å². The molecule has 0 aromatic carbocycles. The third-order valence-corrected chi connectivity index (χ3v) is 4.76. The summed E-state index contributed by atoms with van der Waals surface area (Å²) in [6.45, 7) is 2.82. The molecule has 1 aliphatic rings. The van der Waals surface area contributed by atoms with Gasteiger partial charge in [0, 0.05) is 26.7 Å². The number of rotatable bonds is 6. The van der Waals surface area contributed by atoms with Crippen LogP contribution in [0.4, 0.5) is 6.01 Å². The number of aromatic nitrogens is 2. The van der Waals surface area contributed by atoms with Crippen molar-refractivity contribution in [3.8, 4) is 0 Å². The van der Waals surface area contributed by atoms with Crippen LogP contribution < -0.4 is 10.2 Å². The zero-order valence-electron chi connectivity index (χ0n) is 11.5. The van der Waals surface area contributed by atoms with E-state index in [0.29, 0.717) is 51.1 Å². The van der Waals surface area contributed by atoms with Crippen LogP contribution in [0.1, 0.15) is 12.3 Å². The van der Waals surface area contributed by atoms with Crippen molar-refractivity contribution in [1.29, 1.82) is 0 Å². The Morgan fingerprint density at radius 1 is 1.35 bits per heavy atom. The lowest BCUT2D eigenvalue weighted by molar-refractivity contribution is 0.198. The first kappa shape index (κ1) is 15.2. The van der Waals surface area contributed by atoms with Crippen LogP contribution in [0.15, 0.2) is 4.42 Å². The fourth-order valence-electron chi connectivity index (χ4n) is 1.94. The van der Waals surface area contributed by atoms with Gasteiger partial charge in [0.1, 0.15) is 0 Å². The van der Waals surface area contributed by atoms with Crippen molar-refractivity contribution in [1.82, 2.24) is 15.5 Å². The highest BCUT2D eigenvalue weighted by Crippen LogP contribution is 2.15. The lowest BCUT2D eigenvalue weighted by Gasteiger charge is -2.15. The summed E-state index contributed by atoms with van der Waals surface area (Å²) in [5, 5.41) is 11.0. The van der Waals surface area contributed by atoms with Gasteiger partial charge in [0.25, 0.3) is 0 Å². The molecule has 0 spiro atoms. The molecule has 0 saturated carbocycles. The monoisotopic (exact) mass is 304 g/mol. The number of hydrogen-bond donors (Lipinski definition) is 1. The van der Waals surface area contributed by atoms with Gasteiger partial charge in [-0.2, -0.15) is 0 Å². The smallest absolute Gasteiger partial charge is 0.318 e. The molecule has 0 unspecified atom stereocenters. The van der Waals surface area contributed by atoms with Crippen LogP contribution in [0.25, 0.3) is 0 Å². The van der Waals surface area contributed by atoms with E-state index in [1.165, 1.54) is 0 Å². The van der Waals surface area contributed by atoms with E-state index in [1.54, 1.807) is 7.11 Å². The first-order valence-corrected chi connectivity index (χ1v) is 8.40. The Morgan fingerprint density at radius 3 is 3.00 bits per heavy atom. The summed E-state index contributed by atoms with van der Waals surface area (Å²) >= 11 is 0. The molecule has 1 aromatic heterocycles. The van der Waals surface area contributed by atoms with Crippen LogP contribution >= 0.6 is 0 Å². The van der Waals surface area contributed by atoms with E-state index in [4.69, 9.17) is 9.15 Å². The van der Waals surface area contributed by atoms with Gasteiger partial charge in [-0.25, -0.2) is 8.42 Å². The van der Waals surface area contributed by atoms with Crippen molar-refractivity contribution in [3.05, 3.63) is 5.89 Å². The zero-order chi connectivity index (χ0) is 14.4. The van der Waals surface area contributed by atoms with E-state index in [1.807, 2.05) is 4.90 Å². The number of sulfone groups is 1. The van der Waals surface area contributed by atoms with Crippen LogP contribution in [-0.4, -0.2) is 63.5 Å². The highest BCUT2D eigenvalue weighted by Gasteiger charge is 2.22. The van der Waals surface area contributed by atoms with Crippen molar-refractivity contribution in [2.45, 2.75) is 13.0 Å². The Hall–Kier alpha value is -1.19. The second-order valence-electron chi connectivity index (χ2n) is 4.64. The molecule has 9 heteroatoms. The van der Waals surface area contributed by atoms with Gasteiger partial charge in [-0.1, -0.05) is 5.10 Å². The van der Waals surface area contributed by atoms with E-state index in [0.717, 1.165) is 0 Å². The summed E-state index contributed by atoms with van der Waals surface area (Å²) in [7, 11) is -1.29. The van der Waals surface area contributed by atoms with E-state index < -0.39 is 9.84 Å². The highest BCUT2D eigenvalue weighted by atomic mass is 32.2. The fraction of sp³-hybridized carbons (Fsp3) is 0.818. The minimum atomic E-state index is -2.93. The summed E-state index contributed by atoms with van der Waals surface area (Å²) < 4.78 is 33.5. The number of anilines is 1. The van der Waals surface area contributed by atoms with Gasteiger partial charge in [-0.3, -0.25) is 0 Å². The first-order chi connectivity index (χ1) is 9.61. The molecule has 114 valence electrons. The molecule has 1 N–H and O–H groups in total. The average Bonchev–Trinajstić information content (AvgIpc) is 2.79. The van der Waals surface area contributed by atoms with E-state index >= 15 is 0 Å². The Labute approximate surface area is 118 Å². The molecule has 0 aliphatic carbocycles. The molecule has 0 radical (unpaired) electrons. The van der Waals surface area contributed by atoms with Gasteiger partial charge >= 0.3 is 6.01 Å². The largest absolute Gasteiger partial charge is 0.407 e. The van der Waals surface area contributed by atoms with Crippen LogP contribution in [0.3, 0.4) is 0 Å². The van der Waals surface area contributed by atoms with Crippen molar-refractivity contribution >= 4 is 15.9 Å². The van der Waals surface area contributed by atoms with E-state index in [-0.39, 0.29) is 11.5 Å². The maximum atomic E-state index is 11.5. The second kappa shape index (κ2) is 7.00. The van der Waals surface area contributed by atoms with Crippen LogP contribution in [0, 0.1) is 0 Å². The molecule has 8 nitrogen and oxygen atoms in total. The topological polar surface area (TPSA) is 97.6 Å². The molecule has 1 saturated heterocycles. The molecule has 0 atom stereocenters. The predicted molar refractivity (Wildman–Crippen MR) is 73.4 cm³/mol. The first-order valence-electron chi connectivity index (χ1n) is 6.58. The summed E-state index contributed by atoms with van der Waals surface area (Å²) in [5.74, 6) is 0.850. The molecular formula is C11H20N4O4S. The van der Waals surface area contributed by atoms with E-state index in [2.05, 4.69) is 15.5 Å². The van der Waals surface area contributed by atoms with E-state index in [9.17, 15) is 8.42 Å². The standard InChI is InChI=1S/C11H20N4O4S/c1-18-6-3-12-9-10-13-14-11(19-10)15-4-2-7-20(16,17)8-5-15/h12H,2-9H2,1H3. The summed E-state index contributed by atoms with van der Waals surface area (Å²) in [4.78, 5) is 1.83. The normalized spacial score (nSPS) is 18.9. The van der Waals surface area contributed by atoms with Gasteiger partial charge < -0.3 is 19.4 Å². The van der Waals surface area contributed by atoms with Crippen LogP contribution in [0.5, 0.6) is 0 Å². The number of nitrogens with one attached hydrogen (secondary N) is 1. The number of methoxy groups -OCH3 is 1. The third kappa shape index (κ3) is 4.43. The Kier molecular flexibility index (Phi) is 5.32. The summed E-state index contributed by atoms with van der Waals surface area (Å²) in [6.07, 6.45) is 0.589. The number of hydrogen-bond acceptors (Lipinski definition) is 8. The van der Waals surface area contributed by atoms with Gasteiger partial charge in [0.05, 0.1) is 24.7 Å². The lowest BCUT2D eigenvalue weighted by atomic mass is 10.4. The maximum Gasteiger partial charge on any atom is 0.318 e. The number of nitrogens with zero attached hydrogens (tertiary/aromatic N) is 3. The average molecular weight is 304 g/mol. The quantitative estimate of drug-likeness (QED) is 0.698. The molecule has 0 amide bonds. The van der Waals surface area contributed by atoms with Gasteiger partial charge in [0.15, 0.2) is 9.84 Å². The van der Waals surface area contributed by atoms with Crippen molar-refractivity contribution < 1.29 is 17.6 Å². The number of ether oxygens (including phenoxy) is 1. The Balaban J connectivity index is 1.88. The lowest BCUT2D eigenvalue weighted by Crippen LogP contribution is -2.27. The van der Waals surface area contributed by atoms with Crippen molar-refractivity contribution in [2.75, 3.05) is 49.8 Å². The fourth-order valence-corrected chi connectivity index (χ4v) is 3.21. The summed E-state index contributed by atoms with van der Waals surface area (Å²) in [5.41, 5.74) is 0. The molecule has 2 heterocycles. The molecule has 2 rings (SSSR count). The predicted octanol–water partition coefficient (Wildman–Crippen LogP) is -0.569. The molecule has 1 aliphatic heterocycles. The van der Waals surface area contributed by atoms with Gasteiger partial charge in [-0.15, -0.1) is 5.10 Å². The molecular weight excluding hydrogens is 284 g/mol. The Morgan fingerprint density at radius 2 is 2.20 bits per heavy atom. The zero-order valence-corrected chi connectivity index (χ0v) is 12.4. The van der Waals surface area contributed by atoms with Crippen LogP contribution in [0.2, 0.25) is 0 Å². The highest BCUT2D eigenvalue weighted by molar-refractivity contribution is 7.91. The third-order valence-electron chi connectivity index (χ3n) is 3.04. The maximum absolute atomic E-state index is 11.5. The van der Waals surface area contributed by atoms with Gasteiger partial charge in [-0.05, 0) is 6.42 Å². The molecule has 0 bridgehead atoms. The Bertz CT molecular complexity index is 516. The summed E-state index contributed by atoms with van der Waals surface area (Å²) in [6, 6.07) is 0.394. The molecule has 1 fully saturated rings. The van der Waals surface area contributed by atoms with Crippen molar-refractivity contribution in [3.63, 3.8) is 0 Å². The minimum Gasteiger partial charge on any atom is -0.407 e. The van der Waals surface area contributed by atoms with Crippen molar-refractivity contribution in [2.24, 2.45) is 0 Å². The molecule has 20 heavy (non-hydrogen) atoms. The second-order valence-corrected chi connectivity index (χ2v) is 6.94. The van der Waals surface area contributed by atoms with Gasteiger partial charge in [0.2, 0.25) is 5.89 Å². The minimum absolute atomic E-state index is 0.136. The SMILES string of the molecule is COCCNCc1nnc(N2CCCS(=O)(=O)CC2)o1.